The lowest BCUT2D eigenvalue weighted by atomic mass is 10.4. The molecule has 0 rings (SSSR count). The van der Waals surface area contributed by atoms with Crippen LogP contribution < -0.4 is 0 Å². The second-order valence-electron chi connectivity index (χ2n) is 1.90. The quantitative estimate of drug-likeness (QED) is 0.570. The van der Waals surface area contributed by atoms with Crippen molar-refractivity contribution >= 4 is 22.9 Å². The summed E-state index contributed by atoms with van der Waals surface area (Å²) in [6, 6.07) is 0. The van der Waals surface area contributed by atoms with Gasteiger partial charge in [-0.25, -0.2) is 3.11 Å². The highest BCUT2D eigenvalue weighted by molar-refractivity contribution is 14.1. The van der Waals surface area contributed by atoms with Crippen molar-refractivity contribution in [2.45, 2.75) is 6.10 Å². The van der Waals surface area contributed by atoms with Crippen LogP contribution in [0.5, 0.6) is 0 Å². The van der Waals surface area contributed by atoms with Gasteiger partial charge in [-0.2, -0.15) is 0 Å². The molecule has 3 nitrogen and oxygen atoms in total. The average molecular weight is 245 g/mol. The molecule has 0 radical (unpaired) electrons. The average Bonchev–Trinajstić information content (AvgIpc) is 1.63. The molecular weight excluding hydrogens is 233 g/mol. The van der Waals surface area contributed by atoms with E-state index in [0.29, 0.717) is 13.2 Å². The standard InChI is InChI=1S/C5H12INO2/c1-7(6)3-5(8)4-9-2/h5,8H,3-4H2,1-2H3. The smallest absolute Gasteiger partial charge is 0.0908 e. The summed E-state index contributed by atoms with van der Waals surface area (Å²) in [7, 11) is 3.48. The van der Waals surface area contributed by atoms with E-state index in [2.05, 4.69) is 22.9 Å². The van der Waals surface area contributed by atoms with Crippen LogP contribution in [0.15, 0.2) is 0 Å². The maximum Gasteiger partial charge on any atom is 0.0908 e. The van der Waals surface area contributed by atoms with E-state index in [4.69, 9.17) is 9.84 Å². The van der Waals surface area contributed by atoms with E-state index in [1.54, 1.807) is 7.11 Å². The number of aliphatic hydroxyl groups excluding tert-OH is 1. The minimum atomic E-state index is -0.364. The van der Waals surface area contributed by atoms with Crippen molar-refractivity contribution in [2.75, 3.05) is 27.3 Å². The minimum absolute atomic E-state index is 0.364. The Balaban J connectivity index is 3.15. The molecule has 0 aliphatic rings. The van der Waals surface area contributed by atoms with Crippen molar-refractivity contribution < 1.29 is 9.84 Å². The molecule has 0 heterocycles. The van der Waals surface area contributed by atoms with Gasteiger partial charge in [-0.3, -0.25) is 0 Å². The van der Waals surface area contributed by atoms with Crippen LogP contribution in [0.25, 0.3) is 0 Å². The van der Waals surface area contributed by atoms with E-state index in [0.717, 1.165) is 0 Å². The van der Waals surface area contributed by atoms with Crippen LogP contribution in [0.4, 0.5) is 0 Å². The third-order valence-electron chi connectivity index (χ3n) is 0.821. The molecule has 1 N–H and O–H groups in total. The Labute approximate surface area is 69.5 Å². The highest BCUT2D eigenvalue weighted by Crippen LogP contribution is 1.95. The highest BCUT2D eigenvalue weighted by Gasteiger charge is 2.03. The molecule has 0 aliphatic carbocycles. The molecule has 0 saturated heterocycles. The number of likely N-dealkylation sites (N-methyl/N-ethyl adjacent to an activating group) is 1. The zero-order valence-electron chi connectivity index (χ0n) is 5.67. The maximum atomic E-state index is 9.05. The monoisotopic (exact) mass is 245 g/mol. The minimum Gasteiger partial charge on any atom is -0.389 e. The first-order valence-corrected chi connectivity index (χ1v) is 3.67. The summed E-state index contributed by atoms with van der Waals surface area (Å²) < 4.78 is 6.61. The first-order valence-electron chi connectivity index (χ1n) is 2.70. The zero-order chi connectivity index (χ0) is 7.28. The SMILES string of the molecule is COCC(O)CN(C)I. The van der Waals surface area contributed by atoms with Crippen LogP contribution >= 0.6 is 22.9 Å². The van der Waals surface area contributed by atoms with Gasteiger partial charge in [-0.15, -0.1) is 0 Å². The number of nitrogens with zero attached hydrogens (tertiary/aromatic N) is 1. The van der Waals surface area contributed by atoms with Gasteiger partial charge in [0.05, 0.1) is 12.7 Å². The predicted octanol–water partition coefficient (Wildman–Crippen LogP) is 0.276. The molecule has 0 bridgehead atoms. The van der Waals surface area contributed by atoms with E-state index < -0.39 is 0 Å². The summed E-state index contributed by atoms with van der Waals surface area (Å²) in [5, 5.41) is 9.05. The molecule has 4 heteroatoms. The van der Waals surface area contributed by atoms with E-state index in [1.165, 1.54) is 0 Å². The van der Waals surface area contributed by atoms with Gasteiger partial charge in [0.2, 0.25) is 0 Å². The van der Waals surface area contributed by atoms with Gasteiger partial charge in [0.25, 0.3) is 0 Å². The van der Waals surface area contributed by atoms with E-state index in [1.807, 2.05) is 10.2 Å². The van der Waals surface area contributed by atoms with Crippen LogP contribution in [0.3, 0.4) is 0 Å². The number of aliphatic hydroxyl groups is 1. The zero-order valence-corrected chi connectivity index (χ0v) is 7.83. The normalized spacial score (nSPS) is 14.3. The molecule has 0 aromatic rings. The fraction of sp³-hybridized carbons (Fsp3) is 1.00. The third kappa shape index (κ3) is 6.50. The molecular formula is C5H12INO2. The van der Waals surface area contributed by atoms with Gasteiger partial charge in [-0.05, 0) is 7.05 Å². The molecule has 1 atom stereocenters. The van der Waals surface area contributed by atoms with E-state index >= 15 is 0 Å². The first kappa shape index (κ1) is 9.61. The second kappa shape index (κ2) is 5.40. The molecule has 56 valence electrons. The van der Waals surface area contributed by atoms with Crippen molar-refractivity contribution in [2.24, 2.45) is 0 Å². The predicted molar refractivity (Wildman–Crippen MR) is 44.5 cm³/mol. The third-order valence-corrected chi connectivity index (χ3v) is 1.22. The van der Waals surface area contributed by atoms with Gasteiger partial charge in [0.15, 0.2) is 0 Å². The highest BCUT2D eigenvalue weighted by atomic mass is 127. The van der Waals surface area contributed by atoms with Gasteiger partial charge in [0.1, 0.15) is 0 Å². The summed E-state index contributed by atoms with van der Waals surface area (Å²) in [5.74, 6) is 0. The van der Waals surface area contributed by atoms with Crippen LogP contribution in [0, 0.1) is 0 Å². The Bertz CT molecular complexity index is 70.0. The number of ether oxygens (including phenoxy) is 1. The molecule has 0 aliphatic heterocycles. The van der Waals surface area contributed by atoms with Crippen molar-refractivity contribution in [3.05, 3.63) is 0 Å². The number of halogens is 1. The lowest BCUT2D eigenvalue weighted by Crippen LogP contribution is -2.25. The van der Waals surface area contributed by atoms with Gasteiger partial charge >= 0.3 is 0 Å². The van der Waals surface area contributed by atoms with Gasteiger partial charge in [-0.1, -0.05) is 0 Å². The molecule has 0 aromatic heterocycles. The molecule has 0 amide bonds. The Morgan fingerprint density at radius 3 is 2.67 bits per heavy atom. The van der Waals surface area contributed by atoms with Crippen LogP contribution in [-0.2, 0) is 4.74 Å². The van der Waals surface area contributed by atoms with Crippen molar-refractivity contribution in [3.8, 4) is 0 Å². The Morgan fingerprint density at radius 2 is 2.33 bits per heavy atom. The molecule has 0 saturated carbocycles. The van der Waals surface area contributed by atoms with Gasteiger partial charge in [0, 0.05) is 36.5 Å². The summed E-state index contributed by atoms with van der Waals surface area (Å²) in [6.45, 7) is 1.06. The molecule has 1 unspecified atom stereocenters. The lowest BCUT2D eigenvalue weighted by molar-refractivity contribution is 0.0586. The number of hydrogen-bond acceptors (Lipinski definition) is 3. The lowest BCUT2D eigenvalue weighted by Gasteiger charge is -2.12. The molecule has 0 spiro atoms. The summed E-state index contributed by atoms with van der Waals surface area (Å²) in [5.41, 5.74) is 0. The maximum absolute atomic E-state index is 9.05. The van der Waals surface area contributed by atoms with Gasteiger partial charge < -0.3 is 9.84 Å². The van der Waals surface area contributed by atoms with E-state index in [-0.39, 0.29) is 6.10 Å². The second-order valence-corrected chi connectivity index (χ2v) is 3.54. The Hall–Kier alpha value is 0.610. The molecule has 0 aromatic carbocycles. The molecule has 0 fully saturated rings. The van der Waals surface area contributed by atoms with Crippen LogP contribution in [-0.4, -0.2) is 41.6 Å². The van der Waals surface area contributed by atoms with Crippen molar-refractivity contribution in [1.29, 1.82) is 0 Å². The number of hydrogen-bond donors (Lipinski definition) is 1. The fourth-order valence-electron chi connectivity index (χ4n) is 0.535. The number of rotatable bonds is 4. The summed E-state index contributed by atoms with van der Waals surface area (Å²) in [4.78, 5) is 0. The fourth-order valence-corrected chi connectivity index (χ4v) is 0.990. The summed E-state index contributed by atoms with van der Waals surface area (Å²) >= 11 is 2.12. The number of methoxy groups -OCH3 is 1. The van der Waals surface area contributed by atoms with Crippen molar-refractivity contribution in [1.82, 2.24) is 3.11 Å². The summed E-state index contributed by atoms with van der Waals surface area (Å²) in [6.07, 6.45) is -0.364. The van der Waals surface area contributed by atoms with Crippen LogP contribution in [0.2, 0.25) is 0 Å². The topological polar surface area (TPSA) is 32.7 Å². The molecule has 9 heavy (non-hydrogen) atoms. The van der Waals surface area contributed by atoms with Crippen molar-refractivity contribution in [3.63, 3.8) is 0 Å². The first-order chi connectivity index (χ1) is 4.16. The Morgan fingerprint density at radius 1 is 1.78 bits per heavy atom. The van der Waals surface area contributed by atoms with Crippen LogP contribution in [0.1, 0.15) is 0 Å². The largest absolute Gasteiger partial charge is 0.389 e. The Kier molecular flexibility index (Phi) is 5.77. The van der Waals surface area contributed by atoms with E-state index in [9.17, 15) is 0 Å².